The van der Waals surface area contributed by atoms with E-state index in [2.05, 4.69) is 182 Å². The lowest BCUT2D eigenvalue weighted by Crippen LogP contribution is -2.30. The number of rotatable bonds is 14. The van der Waals surface area contributed by atoms with E-state index in [1.807, 2.05) is 0 Å². The Hall–Kier alpha value is -4.72. The molecule has 0 aromatic heterocycles. The van der Waals surface area contributed by atoms with E-state index in [1.165, 1.54) is 33.4 Å². The van der Waals surface area contributed by atoms with Gasteiger partial charge < -0.3 is 4.74 Å². The fourth-order valence-electron chi connectivity index (χ4n) is 7.18. The van der Waals surface area contributed by atoms with Gasteiger partial charge >= 0.3 is 0 Å². The van der Waals surface area contributed by atoms with Gasteiger partial charge in [-0.1, -0.05) is 182 Å². The largest absolute Gasteiger partial charge is 0.381 e. The maximum Gasteiger partial charge on any atom is 0.0466 e. The van der Waals surface area contributed by atoms with Gasteiger partial charge in [0.1, 0.15) is 0 Å². The van der Waals surface area contributed by atoms with Crippen molar-refractivity contribution in [2.45, 2.75) is 36.5 Å². The van der Waals surface area contributed by atoms with Crippen LogP contribution in [-0.2, 0) is 15.6 Å². The van der Waals surface area contributed by atoms with Gasteiger partial charge in [-0.15, -0.1) is 0 Å². The maximum atomic E-state index is 6.44. The number of hydrogen-bond donors (Lipinski definition) is 0. The number of benzene rings is 6. The molecule has 0 saturated carbocycles. The molecular formula is C44H42O. The Kier molecular flexibility index (Phi) is 10.00. The van der Waals surface area contributed by atoms with E-state index in [0.717, 1.165) is 38.9 Å². The summed E-state index contributed by atoms with van der Waals surface area (Å²) in [6.45, 7) is 1.45. The van der Waals surface area contributed by atoms with Crippen molar-refractivity contribution < 1.29 is 4.74 Å². The normalized spacial score (nSPS) is 11.7. The van der Waals surface area contributed by atoms with Crippen LogP contribution in [0.5, 0.6) is 0 Å². The van der Waals surface area contributed by atoms with Crippen molar-refractivity contribution in [3.8, 4) is 0 Å². The zero-order valence-electron chi connectivity index (χ0n) is 26.0. The van der Waals surface area contributed by atoms with Crippen LogP contribution in [0.25, 0.3) is 0 Å². The average Bonchev–Trinajstić information content (AvgIpc) is 3.13. The predicted molar refractivity (Wildman–Crippen MR) is 188 cm³/mol. The predicted octanol–water partition coefficient (Wildman–Crippen LogP) is 10.6. The summed E-state index contributed by atoms with van der Waals surface area (Å²) in [4.78, 5) is 0. The average molecular weight is 587 g/mol. The first-order valence-corrected chi connectivity index (χ1v) is 16.2. The Morgan fingerprint density at radius 2 is 0.489 bits per heavy atom. The summed E-state index contributed by atoms with van der Waals surface area (Å²) < 4.78 is 6.44. The molecule has 0 N–H and O–H groups in total. The van der Waals surface area contributed by atoms with Gasteiger partial charge in [-0.25, -0.2) is 0 Å². The first kappa shape index (κ1) is 30.3. The Bertz CT molecular complexity index is 1360. The van der Waals surface area contributed by atoms with E-state index in [-0.39, 0.29) is 10.8 Å². The fraction of sp³-hybridized carbons (Fsp3) is 0.182. The summed E-state index contributed by atoms with van der Waals surface area (Å²) in [5.74, 6) is 0. The Balaban J connectivity index is 1.19. The molecule has 0 fully saturated rings. The molecule has 6 aromatic rings. The zero-order valence-corrected chi connectivity index (χ0v) is 26.0. The molecule has 0 aliphatic rings. The topological polar surface area (TPSA) is 9.23 Å². The molecule has 1 heteroatoms. The Labute approximate surface area is 269 Å². The second-order valence-electron chi connectivity index (χ2n) is 11.8. The van der Waals surface area contributed by atoms with Crippen LogP contribution in [0.1, 0.15) is 59.1 Å². The molecule has 224 valence electrons. The van der Waals surface area contributed by atoms with E-state index >= 15 is 0 Å². The van der Waals surface area contributed by atoms with Crippen molar-refractivity contribution in [1.29, 1.82) is 0 Å². The van der Waals surface area contributed by atoms with Crippen molar-refractivity contribution in [3.05, 3.63) is 215 Å². The molecule has 0 radical (unpaired) electrons. The molecule has 0 saturated heterocycles. The van der Waals surface area contributed by atoms with Crippen molar-refractivity contribution in [2.75, 3.05) is 13.2 Å². The van der Waals surface area contributed by atoms with E-state index in [9.17, 15) is 0 Å². The van der Waals surface area contributed by atoms with E-state index < -0.39 is 0 Å². The van der Waals surface area contributed by atoms with E-state index in [1.54, 1.807) is 0 Å². The second kappa shape index (κ2) is 14.8. The summed E-state index contributed by atoms with van der Waals surface area (Å²) in [7, 11) is 0. The highest BCUT2D eigenvalue weighted by Gasteiger charge is 2.37. The Morgan fingerprint density at radius 1 is 0.289 bits per heavy atom. The zero-order chi connectivity index (χ0) is 30.6. The van der Waals surface area contributed by atoms with Gasteiger partial charge in [-0.3, -0.25) is 0 Å². The number of ether oxygens (including phenoxy) is 1. The molecule has 6 rings (SSSR count). The van der Waals surface area contributed by atoms with E-state index in [0.29, 0.717) is 0 Å². The second-order valence-corrected chi connectivity index (χ2v) is 11.8. The van der Waals surface area contributed by atoms with Crippen LogP contribution in [0.4, 0.5) is 0 Å². The molecule has 0 amide bonds. The molecule has 0 aliphatic carbocycles. The molecule has 1 nitrogen and oxygen atoms in total. The monoisotopic (exact) mass is 586 g/mol. The summed E-state index contributed by atoms with van der Waals surface area (Å²) >= 11 is 0. The third-order valence-electron chi connectivity index (χ3n) is 9.28. The van der Waals surface area contributed by atoms with Crippen LogP contribution in [0, 0.1) is 0 Å². The molecule has 0 spiro atoms. The molecule has 0 unspecified atom stereocenters. The minimum atomic E-state index is -0.240. The van der Waals surface area contributed by atoms with Gasteiger partial charge in [0.05, 0.1) is 0 Å². The summed E-state index contributed by atoms with van der Waals surface area (Å²) in [6, 6.07) is 65.8. The van der Waals surface area contributed by atoms with Crippen LogP contribution in [0.3, 0.4) is 0 Å². The van der Waals surface area contributed by atoms with Gasteiger partial charge in [0.15, 0.2) is 0 Å². The van der Waals surface area contributed by atoms with Crippen LogP contribution < -0.4 is 0 Å². The summed E-state index contributed by atoms with van der Waals surface area (Å²) in [6.07, 6.45) is 3.85. The highest BCUT2D eigenvalue weighted by Crippen LogP contribution is 2.44. The maximum absolute atomic E-state index is 6.44. The Morgan fingerprint density at radius 3 is 0.689 bits per heavy atom. The molecule has 0 atom stereocenters. The highest BCUT2D eigenvalue weighted by molar-refractivity contribution is 5.51. The minimum Gasteiger partial charge on any atom is -0.381 e. The van der Waals surface area contributed by atoms with Crippen LogP contribution in [0.15, 0.2) is 182 Å². The lowest BCUT2D eigenvalue weighted by Gasteiger charge is -2.36. The third kappa shape index (κ3) is 6.55. The number of hydrogen-bond acceptors (Lipinski definition) is 1. The van der Waals surface area contributed by atoms with Crippen molar-refractivity contribution >= 4 is 0 Å². The standard InChI is InChI=1S/C44H42O/c1-7-21-37(22-8-1)43(38-23-9-2-10-24-38,39-25-11-3-12-26-39)33-19-35-45-36-20-34-44(40-27-13-4-14-28-40,41-29-15-5-16-30-41)42-31-17-6-18-32-42/h1-18,21-32H,19-20,33-36H2. The molecule has 0 heterocycles. The smallest absolute Gasteiger partial charge is 0.0466 e. The van der Waals surface area contributed by atoms with Gasteiger partial charge in [0, 0.05) is 24.0 Å². The molecule has 0 bridgehead atoms. The highest BCUT2D eigenvalue weighted by atomic mass is 16.5. The van der Waals surface area contributed by atoms with Crippen LogP contribution in [0.2, 0.25) is 0 Å². The van der Waals surface area contributed by atoms with Gasteiger partial charge in [0.2, 0.25) is 0 Å². The van der Waals surface area contributed by atoms with Gasteiger partial charge in [-0.2, -0.15) is 0 Å². The molecular weight excluding hydrogens is 544 g/mol. The lowest BCUT2D eigenvalue weighted by molar-refractivity contribution is 0.121. The first-order chi connectivity index (χ1) is 22.3. The van der Waals surface area contributed by atoms with Crippen LogP contribution in [-0.4, -0.2) is 13.2 Å². The van der Waals surface area contributed by atoms with Crippen molar-refractivity contribution in [2.24, 2.45) is 0 Å². The molecule has 0 aliphatic heterocycles. The van der Waals surface area contributed by atoms with Gasteiger partial charge in [-0.05, 0) is 59.1 Å². The van der Waals surface area contributed by atoms with Crippen LogP contribution >= 0.6 is 0 Å². The fourth-order valence-corrected chi connectivity index (χ4v) is 7.18. The molecule has 6 aromatic carbocycles. The SMILES string of the molecule is c1ccc(C(CCCOCCCC(c2ccccc2)(c2ccccc2)c2ccccc2)(c2ccccc2)c2ccccc2)cc1. The lowest BCUT2D eigenvalue weighted by atomic mass is 9.66. The first-order valence-electron chi connectivity index (χ1n) is 16.2. The van der Waals surface area contributed by atoms with E-state index in [4.69, 9.17) is 4.74 Å². The third-order valence-corrected chi connectivity index (χ3v) is 9.28. The van der Waals surface area contributed by atoms with Crippen molar-refractivity contribution in [1.82, 2.24) is 0 Å². The van der Waals surface area contributed by atoms with Gasteiger partial charge in [0.25, 0.3) is 0 Å². The quantitative estimate of drug-likeness (QED) is 0.0911. The summed E-state index contributed by atoms with van der Waals surface area (Å²) in [5, 5.41) is 0. The molecule has 45 heavy (non-hydrogen) atoms. The van der Waals surface area contributed by atoms with Crippen molar-refractivity contribution in [3.63, 3.8) is 0 Å². The minimum absolute atomic E-state index is 0.240. The summed E-state index contributed by atoms with van der Waals surface area (Å²) in [5.41, 5.74) is 7.44.